The molecule has 3 N–H and O–H groups in total. The number of hydrogen-bond acceptors (Lipinski definition) is 6. The average molecular weight is 405 g/mol. The number of benzene rings is 1. The number of nitrogens with one attached hydrogen (secondary N) is 1. The van der Waals surface area contributed by atoms with Gasteiger partial charge in [0.2, 0.25) is 5.95 Å². The Labute approximate surface area is 152 Å². The number of nitrogens with zero attached hydrogens (tertiary/aromatic N) is 4. The van der Waals surface area contributed by atoms with E-state index in [1.54, 1.807) is 10.9 Å². The molecule has 2 aromatic heterocycles. The molecule has 3 aromatic rings. The van der Waals surface area contributed by atoms with Gasteiger partial charge in [-0.2, -0.15) is 15.1 Å². The second-order valence-corrected chi connectivity index (χ2v) is 7.86. The van der Waals surface area contributed by atoms with Crippen molar-refractivity contribution in [2.75, 3.05) is 16.8 Å². The SMILES string of the molecule is Cn1ncc2c(NC3CCCSc4ccc(Br)cc43)nc(N)nc21. The minimum absolute atomic E-state index is 0.185. The molecule has 6 nitrogen and oxygen atoms in total. The summed E-state index contributed by atoms with van der Waals surface area (Å²) in [5.41, 5.74) is 7.92. The molecule has 0 aliphatic carbocycles. The van der Waals surface area contributed by atoms with Crippen molar-refractivity contribution < 1.29 is 0 Å². The zero-order valence-corrected chi connectivity index (χ0v) is 15.6. The molecule has 0 amide bonds. The van der Waals surface area contributed by atoms with Crippen LogP contribution in [0.15, 0.2) is 33.8 Å². The minimum atomic E-state index is 0.185. The van der Waals surface area contributed by atoms with Gasteiger partial charge in [-0.05, 0) is 42.4 Å². The number of fused-ring (bicyclic) bond motifs is 2. The van der Waals surface area contributed by atoms with Crippen LogP contribution < -0.4 is 11.1 Å². The minimum Gasteiger partial charge on any atom is -0.368 e. The zero-order chi connectivity index (χ0) is 16.7. The van der Waals surface area contributed by atoms with Crippen molar-refractivity contribution in [3.63, 3.8) is 0 Å². The van der Waals surface area contributed by atoms with Crippen molar-refractivity contribution in [1.29, 1.82) is 0 Å². The maximum atomic E-state index is 5.89. The lowest BCUT2D eigenvalue weighted by atomic mass is 10.0. The Hall–Kier alpha value is -1.80. The van der Waals surface area contributed by atoms with Gasteiger partial charge in [-0.1, -0.05) is 15.9 Å². The number of nitrogens with two attached hydrogens (primary N) is 1. The quantitative estimate of drug-likeness (QED) is 0.676. The van der Waals surface area contributed by atoms with E-state index in [9.17, 15) is 0 Å². The first-order valence-corrected chi connectivity index (χ1v) is 9.53. The first-order chi connectivity index (χ1) is 11.6. The molecule has 24 heavy (non-hydrogen) atoms. The number of rotatable bonds is 2. The van der Waals surface area contributed by atoms with Crippen LogP contribution in [0.2, 0.25) is 0 Å². The van der Waals surface area contributed by atoms with E-state index >= 15 is 0 Å². The summed E-state index contributed by atoms with van der Waals surface area (Å²) in [6.07, 6.45) is 3.97. The predicted molar refractivity (Wildman–Crippen MR) is 101 cm³/mol. The lowest BCUT2D eigenvalue weighted by Gasteiger charge is -2.20. The third-order valence-electron chi connectivity index (χ3n) is 4.16. The molecular formula is C16H17BrN6S. The van der Waals surface area contributed by atoms with Gasteiger partial charge >= 0.3 is 0 Å². The first-order valence-electron chi connectivity index (χ1n) is 7.76. The van der Waals surface area contributed by atoms with Gasteiger partial charge in [0, 0.05) is 16.4 Å². The van der Waals surface area contributed by atoms with Crippen LogP contribution in [-0.4, -0.2) is 25.5 Å². The van der Waals surface area contributed by atoms with Crippen LogP contribution in [0.4, 0.5) is 11.8 Å². The van der Waals surface area contributed by atoms with Gasteiger partial charge in [-0.15, -0.1) is 11.8 Å². The van der Waals surface area contributed by atoms with Crippen LogP contribution in [0.5, 0.6) is 0 Å². The van der Waals surface area contributed by atoms with E-state index in [1.807, 2.05) is 18.8 Å². The second-order valence-electron chi connectivity index (χ2n) is 5.81. The van der Waals surface area contributed by atoms with Crippen molar-refractivity contribution in [2.24, 2.45) is 7.05 Å². The molecule has 0 saturated heterocycles. The molecule has 1 aliphatic rings. The molecule has 0 fully saturated rings. The van der Waals surface area contributed by atoms with Gasteiger partial charge in [-0.25, -0.2) is 0 Å². The Morgan fingerprint density at radius 1 is 1.38 bits per heavy atom. The summed E-state index contributed by atoms with van der Waals surface area (Å²) >= 11 is 5.50. The molecule has 124 valence electrons. The number of anilines is 2. The Bertz CT molecular complexity index is 909. The normalized spacial score (nSPS) is 17.5. The van der Waals surface area contributed by atoms with E-state index in [4.69, 9.17) is 5.73 Å². The third-order valence-corrected chi connectivity index (χ3v) is 5.83. The molecule has 0 radical (unpaired) electrons. The molecule has 1 aliphatic heterocycles. The van der Waals surface area contributed by atoms with E-state index in [0.717, 1.165) is 39.9 Å². The summed E-state index contributed by atoms with van der Waals surface area (Å²) in [7, 11) is 1.85. The monoisotopic (exact) mass is 404 g/mol. The van der Waals surface area contributed by atoms with E-state index in [1.165, 1.54) is 10.5 Å². The molecule has 1 aromatic carbocycles. The molecule has 0 saturated carbocycles. The summed E-state index contributed by atoms with van der Waals surface area (Å²) in [5, 5.41) is 8.75. The molecule has 0 spiro atoms. The maximum absolute atomic E-state index is 5.89. The van der Waals surface area contributed by atoms with Gasteiger partial charge in [0.25, 0.3) is 0 Å². The second kappa shape index (κ2) is 6.25. The van der Waals surface area contributed by atoms with E-state index in [2.05, 4.69) is 54.5 Å². The largest absolute Gasteiger partial charge is 0.368 e. The highest BCUT2D eigenvalue weighted by molar-refractivity contribution is 9.10. The number of thioether (sulfide) groups is 1. The van der Waals surface area contributed by atoms with Crippen LogP contribution in [0.3, 0.4) is 0 Å². The molecule has 1 atom stereocenters. The summed E-state index contributed by atoms with van der Waals surface area (Å²) in [6.45, 7) is 0. The number of aromatic nitrogens is 4. The van der Waals surface area contributed by atoms with E-state index in [0.29, 0.717) is 0 Å². The molecule has 8 heteroatoms. The summed E-state index contributed by atoms with van der Waals surface area (Å²) in [6, 6.07) is 6.65. The lowest BCUT2D eigenvalue weighted by molar-refractivity contribution is 0.678. The number of nitrogen functional groups attached to an aromatic ring is 1. The first kappa shape index (κ1) is 15.7. The highest BCUT2D eigenvalue weighted by Gasteiger charge is 2.21. The van der Waals surface area contributed by atoms with Crippen molar-refractivity contribution in [2.45, 2.75) is 23.8 Å². The molecular weight excluding hydrogens is 388 g/mol. The highest BCUT2D eigenvalue weighted by Crippen LogP contribution is 2.38. The Kier molecular flexibility index (Phi) is 4.09. The number of halogens is 1. The molecule has 3 heterocycles. The smallest absolute Gasteiger partial charge is 0.224 e. The van der Waals surface area contributed by atoms with Crippen LogP contribution >= 0.6 is 27.7 Å². The van der Waals surface area contributed by atoms with Crippen molar-refractivity contribution in [3.8, 4) is 0 Å². The summed E-state index contributed by atoms with van der Waals surface area (Å²) in [5.74, 6) is 2.13. The van der Waals surface area contributed by atoms with Crippen LogP contribution in [0.25, 0.3) is 11.0 Å². The lowest BCUT2D eigenvalue weighted by Crippen LogP contribution is -2.13. The molecule has 0 bridgehead atoms. The number of aryl methyl sites for hydroxylation is 1. The van der Waals surface area contributed by atoms with Crippen molar-refractivity contribution >= 4 is 50.5 Å². The highest BCUT2D eigenvalue weighted by atomic mass is 79.9. The fourth-order valence-corrected chi connectivity index (χ4v) is 4.45. The topological polar surface area (TPSA) is 81.7 Å². The fraction of sp³-hybridized carbons (Fsp3) is 0.312. The van der Waals surface area contributed by atoms with Gasteiger partial charge < -0.3 is 11.1 Å². The zero-order valence-electron chi connectivity index (χ0n) is 13.2. The van der Waals surface area contributed by atoms with Crippen LogP contribution in [0, 0.1) is 0 Å². The van der Waals surface area contributed by atoms with Gasteiger partial charge in [-0.3, -0.25) is 4.68 Å². The van der Waals surface area contributed by atoms with E-state index < -0.39 is 0 Å². The van der Waals surface area contributed by atoms with Crippen molar-refractivity contribution in [3.05, 3.63) is 34.4 Å². The van der Waals surface area contributed by atoms with Crippen LogP contribution in [0.1, 0.15) is 24.4 Å². The maximum Gasteiger partial charge on any atom is 0.224 e. The van der Waals surface area contributed by atoms with Crippen molar-refractivity contribution in [1.82, 2.24) is 19.7 Å². The Morgan fingerprint density at radius 2 is 2.25 bits per heavy atom. The fourth-order valence-electron chi connectivity index (χ4n) is 3.01. The standard InChI is InChI=1S/C16H17BrN6S/c1-23-15-11(8-19-23)14(21-16(18)22-15)20-12-3-2-6-24-13-5-4-9(17)7-10(12)13/h4-5,7-8,12H,2-3,6H2,1H3,(H3,18,20,21,22). The van der Waals surface area contributed by atoms with Gasteiger partial charge in [0.05, 0.1) is 17.6 Å². The number of hydrogen-bond donors (Lipinski definition) is 2. The molecule has 1 unspecified atom stereocenters. The average Bonchev–Trinajstić information content (AvgIpc) is 2.81. The van der Waals surface area contributed by atoms with Crippen LogP contribution in [-0.2, 0) is 7.05 Å². The predicted octanol–water partition coefficient (Wildman–Crippen LogP) is 3.75. The van der Waals surface area contributed by atoms with Gasteiger partial charge in [0.15, 0.2) is 5.65 Å². The Balaban J connectivity index is 1.77. The van der Waals surface area contributed by atoms with Gasteiger partial charge in [0.1, 0.15) is 5.82 Å². The summed E-state index contributed by atoms with van der Waals surface area (Å²) in [4.78, 5) is 10.0. The molecule has 4 rings (SSSR count). The van der Waals surface area contributed by atoms with E-state index in [-0.39, 0.29) is 12.0 Å². The Morgan fingerprint density at radius 3 is 3.12 bits per heavy atom. The summed E-state index contributed by atoms with van der Waals surface area (Å²) < 4.78 is 2.80. The third kappa shape index (κ3) is 2.84.